The van der Waals surface area contributed by atoms with Crippen LogP contribution in [0.4, 0.5) is 5.69 Å². The van der Waals surface area contributed by atoms with Gasteiger partial charge in [0.1, 0.15) is 4.21 Å². The second kappa shape index (κ2) is 7.43. The Labute approximate surface area is 172 Å². The molecule has 1 saturated heterocycles. The van der Waals surface area contributed by atoms with Crippen molar-refractivity contribution in [3.05, 3.63) is 45.7 Å². The molecule has 1 N–H and O–H groups in total. The van der Waals surface area contributed by atoms with Gasteiger partial charge in [-0.1, -0.05) is 0 Å². The van der Waals surface area contributed by atoms with Gasteiger partial charge in [0, 0.05) is 37.7 Å². The minimum Gasteiger partial charge on any atom is -0.326 e. The minimum absolute atomic E-state index is 0.0892. The highest BCUT2D eigenvalue weighted by atomic mass is 32.2. The number of anilines is 1. The van der Waals surface area contributed by atoms with Crippen molar-refractivity contribution in [2.45, 2.75) is 23.5 Å². The molecule has 1 aromatic carbocycles. The van der Waals surface area contributed by atoms with Gasteiger partial charge >= 0.3 is 5.69 Å². The van der Waals surface area contributed by atoms with E-state index in [9.17, 15) is 18.0 Å². The van der Waals surface area contributed by atoms with Crippen molar-refractivity contribution in [1.29, 1.82) is 0 Å². The van der Waals surface area contributed by atoms with Crippen LogP contribution >= 0.6 is 11.3 Å². The molecule has 3 aromatic rings. The van der Waals surface area contributed by atoms with Gasteiger partial charge in [-0.3, -0.25) is 13.9 Å². The number of sulfonamides is 1. The molecule has 8 nitrogen and oxygen atoms in total. The van der Waals surface area contributed by atoms with E-state index in [0.29, 0.717) is 23.7 Å². The van der Waals surface area contributed by atoms with Crippen LogP contribution in [0, 0.1) is 0 Å². The van der Waals surface area contributed by atoms with Gasteiger partial charge in [-0.25, -0.2) is 13.2 Å². The van der Waals surface area contributed by atoms with Crippen LogP contribution in [-0.4, -0.2) is 40.9 Å². The summed E-state index contributed by atoms with van der Waals surface area (Å²) in [5.41, 5.74) is 1.97. The number of hydrogen-bond donors (Lipinski definition) is 1. The summed E-state index contributed by atoms with van der Waals surface area (Å²) in [6.07, 6.45) is 1.86. The van der Waals surface area contributed by atoms with Gasteiger partial charge in [-0.05, 0) is 43.2 Å². The molecular formula is C19H22N4O4S2. The summed E-state index contributed by atoms with van der Waals surface area (Å²) in [4.78, 5) is 25.2. The van der Waals surface area contributed by atoms with Gasteiger partial charge in [-0.2, -0.15) is 4.31 Å². The van der Waals surface area contributed by atoms with E-state index in [2.05, 4.69) is 5.32 Å². The smallest absolute Gasteiger partial charge is 0.326 e. The normalized spacial score (nSPS) is 15.2. The van der Waals surface area contributed by atoms with E-state index < -0.39 is 10.0 Å². The lowest BCUT2D eigenvalue weighted by molar-refractivity contribution is -0.115. The number of nitrogens with one attached hydrogen (secondary N) is 1. The Kier molecular flexibility index (Phi) is 5.09. The van der Waals surface area contributed by atoms with Crippen LogP contribution in [0.15, 0.2) is 39.3 Å². The van der Waals surface area contributed by atoms with Crippen LogP contribution in [0.3, 0.4) is 0 Å². The fourth-order valence-corrected chi connectivity index (χ4v) is 6.62. The average molecular weight is 435 g/mol. The molecule has 0 aliphatic carbocycles. The molecular weight excluding hydrogens is 412 g/mol. The number of aromatic nitrogens is 2. The number of carbonyl (C=O) groups is 1. The van der Waals surface area contributed by atoms with Crippen molar-refractivity contribution in [2.24, 2.45) is 14.1 Å². The van der Waals surface area contributed by atoms with Crippen molar-refractivity contribution in [1.82, 2.24) is 13.4 Å². The van der Waals surface area contributed by atoms with E-state index in [4.69, 9.17) is 0 Å². The Hall–Kier alpha value is -2.43. The topological polar surface area (TPSA) is 93.4 Å². The summed E-state index contributed by atoms with van der Waals surface area (Å²) < 4.78 is 30.1. The number of nitrogens with zero attached hydrogens (tertiary/aromatic N) is 3. The van der Waals surface area contributed by atoms with Gasteiger partial charge in [0.15, 0.2) is 0 Å². The maximum Gasteiger partial charge on any atom is 0.328 e. The molecule has 0 bridgehead atoms. The van der Waals surface area contributed by atoms with Crippen LogP contribution in [0.5, 0.6) is 0 Å². The quantitative estimate of drug-likeness (QED) is 0.664. The maximum absolute atomic E-state index is 12.6. The third-order valence-corrected chi connectivity index (χ3v) is 8.64. The molecule has 29 heavy (non-hydrogen) atoms. The fraction of sp³-hybridized carbons (Fsp3) is 0.368. The van der Waals surface area contributed by atoms with Crippen molar-refractivity contribution < 1.29 is 13.2 Å². The van der Waals surface area contributed by atoms with E-state index in [0.717, 1.165) is 35.2 Å². The second-order valence-electron chi connectivity index (χ2n) is 7.16. The van der Waals surface area contributed by atoms with E-state index >= 15 is 0 Å². The van der Waals surface area contributed by atoms with Gasteiger partial charge in [0.05, 0.1) is 17.5 Å². The first-order chi connectivity index (χ1) is 13.8. The third kappa shape index (κ3) is 3.63. The molecule has 2 aromatic heterocycles. The zero-order valence-electron chi connectivity index (χ0n) is 16.2. The number of rotatable bonds is 5. The lowest BCUT2D eigenvalue weighted by atomic mass is 10.2. The Bertz CT molecular complexity index is 1250. The largest absolute Gasteiger partial charge is 0.328 e. The minimum atomic E-state index is -3.46. The zero-order valence-corrected chi connectivity index (χ0v) is 17.8. The monoisotopic (exact) mass is 434 g/mol. The standard InChI is InChI=1S/C19H22N4O4S2/c1-21-15-7-5-13(11-16(15)22(2)19(21)25)20-17(24)12-14-6-8-18(28-14)29(26,27)23-9-3-4-10-23/h5-8,11H,3-4,9-10,12H2,1-2H3,(H,20,24). The molecule has 0 unspecified atom stereocenters. The van der Waals surface area contributed by atoms with Crippen LogP contribution in [-0.2, 0) is 35.3 Å². The number of hydrogen-bond acceptors (Lipinski definition) is 5. The van der Waals surface area contributed by atoms with Crippen molar-refractivity contribution in [3.8, 4) is 0 Å². The summed E-state index contributed by atoms with van der Waals surface area (Å²) in [6.45, 7) is 1.11. The Balaban J connectivity index is 1.48. The van der Waals surface area contributed by atoms with E-state index in [1.165, 1.54) is 8.87 Å². The zero-order chi connectivity index (χ0) is 20.8. The number of benzene rings is 1. The fourth-order valence-electron chi connectivity index (χ4n) is 3.60. The molecule has 4 rings (SSSR count). The molecule has 0 radical (unpaired) electrons. The molecule has 3 heterocycles. The second-order valence-corrected chi connectivity index (χ2v) is 10.5. The number of fused-ring (bicyclic) bond motifs is 1. The number of amides is 1. The number of aryl methyl sites for hydroxylation is 2. The average Bonchev–Trinajstić information content (AvgIpc) is 3.41. The van der Waals surface area contributed by atoms with Crippen molar-refractivity contribution >= 4 is 44.0 Å². The highest BCUT2D eigenvalue weighted by Gasteiger charge is 2.28. The molecule has 154 valence electrons. The first kappa shape index (κ1) is 19.9. The Morgan fingerprint density at radius 3 is 2.48 bits per heavy atom. The van der Waals surface area contributed by atoms with E-state index in [1.807, 2.05) is 0 Å². The predicted molar refractivity (Wildman–Crippen MR) is 113 cm³/mol. The lowest BCUT2D eigenvalue weighted by Crippen LogP contribution is -2.27. The summed E-state index contributed by atoms with van der Waals surface area (Å²) in [5, 5.41) is 2.82. The van der Waals surface area contributed by atoms with Crippen LogP contribution < -0.4 is 11.0 Å². The summed E-state index contributed by atoms with van der Waals surface area (Å²) in [6, 6.07) is 8.56. The number of carbonyl (C=O) groups excluding carboxylic acids is 1. The van der Waals surface area contributed by atoms with Crippen molar-refractivity contribution in [3.63, 3.8) is 0 Å². The SMILES string of the molecule is Cn1c(=O)n(C)c2cc(NC(=O)Cc3ccc(S(=O)(=O)N4CCCC4)s3)ccc21. The first-order valence-electron chi connectivity index (χ1n) is 9.31. The summed E-state index contributed by atoms with van der Waals surface area (Å²) in [5.74, 6) is -0.239. The molecule has 1 aliphatic heterocycles. The van der Waals surface area contributed by atoms with Gasteiger partial charge in [-0.15, -0.1) is 11.3 Å². The maximum atomic E-state index is 12.6. The van der Waals surface area contributed by atoms with Gasteiger partial charge in [0.25, 0.3) is 10.0 Å². The first-order valence-corrected chi connectivity index (χ1v) is 11.6. The molecule has 0 spiro atoms. The van der Waals surface area contributed by atoms with Crippen molar-refractivity contribution in [2.75, 3.05) is 18.4 Å². The van der Waals surface area contributed by atoms with Gasteiger partial charge in [0.2, 0.25) is 5.91 Å². The van der Waals surface area contributed by atoms with Gasteiger partial charge < -0.3 is 5.32 Å². The number of thiophene rings is 1. The molecule has 1 amide bonds. The molecule has 0 saturated carbocycles. The Morgan fingerprint density at radius 2 is 1.76 bits per heavy atom. The molecule has 1 aliphatic rings. The Morgan fingerprint density at radius 1 is 1.07 bits per heavy atom. The highest BCUT2D eigenvalue weighted by molar-refractivity contribution is 7.91. The molecule has 0 atom stereocenters. The lowest BCUT2D eigenvalue weighted by Gasteiger charge is -2.13. The molecule has 1 fully saturated rings. The van der Waals surface area contributed by atoms with Crippen LogP contribution in [0.2, 0.25) is 0 Å². The van der Waals surface area contributed by atoms with Crippen LogP contribution in [0.1, 0.15) is 17.7 Å². The number of imidazole rings is 1. The van der Waals surface area contributed by atoms with E-state index in [1.54, 1.807) is 49.0 Å². The van der Waals surface area contributed by atoms with E-state index in [-0.39, 0.29) is 22.2 Å². The summed E-state index contributed by atoms with van der Waals surface area (Å²) in [7, 11) is -0.0713. The third-order valence-electron chi connectivity index (χ3n) is 5.19. The van der Waals surface area contributed by atoms with Crippen LogP contribution in [0.25, 0.3) is 11.0 Å². The predicted octanol–water partition coefficient (Wildman–Crippen LogP) is 1.90. The highest BCUT2D eigenvalue weighted by Crippen LogP contribution is 2.28. The molecule has 10 heteroatoms. The summed E-state index contributed by atoms with van der Waals surface area (Å²) >= 11 is 1.14.